The Kier molecular flexibility index (Phi) is 7.41. The molecule has 0 aliphatic rings. The fraction of sp³-hybridized carbons (Fsp3) is 0.222. The van der Waals surface area contributed by atoms with Gasteiger partial charge in [0.1, 0.15) is 6.61 Å². The van der Waals surface area contributed by atoms with E-state index in [9.17, 15) is 14.7 Å². The predicted molar refractivity (Wildman–Crippen MR) is 121 cm³/mol. The number of aliphatic hydroxyl groups is 1. The molecule has 34 heavy (non-hydrogen) atoms. The lowest BCUT2D eigenvalue weighted by atomic mass is 9.49. The largest absolute Gasteiger partial charge is 0.494 e. The molecule has 4 N–H and O–H groups in total. The molecule has 6 radical (unpaired) electrons. The van der Waals surface area contributed by atoms with Crippen molar-refractivity contribution in [2.45, 2.75) is 11.8 Å². The van der Waals surface area contributed by atoms with Crippen LogP contribution in [0.5, 0.6) is 5.75 Å². The molecule has 13 nitrogen and oxygen atoms in total. The van der Waals surface area contributed by atoms with E-state index in [1.54, 1.807) is 18.2 Å². The Morgan fingerprint density at radius 3 is 2.56 bits per heavy atom. The number of para-hydroxylation sites is 1. The van der Waals surface area contributed by atoms with Gasteiger partial charge in [0.2, 0.25) is 5.82 Å². The smallest absolute Gasteiger partial charge is 0.412 e. The second-order valence-electron chi connectivity index (χ2n) is 6.68. The third-order valence-electron chi connectivity index (χ3n) is 4.09. The van der Waals surface area contributed by atoms with Gasteiger partial charge in [-0.25, -0.2) is 4.79 Å². The van der Waals surface area contributed by atoms with Crippen LogP contribution in [-0.2, 0) is 11.3 Å². The number of aliphatic hydroxyl groups excluding tert-OH is 1. The van der Waals surface area contributed by atoms with Gasteiger partial charge in [-0.3, -0.25) is 10.1 Å². The maximum absolute atomic E-state index is 12.6. The molecule has 2 heterocycles. The monoisotopic (exact) mass is 459 g/mol. The number of carbonyl (C=O) groups excluding carboxylic acids is 2. The first kappa shape index (κ1) is 24.6. The van der Waals surface area contributed by atoms with E-state index in [1.807, 2.05) is 0 Å². The number of rotatable bonds is 8. The van der Waals surface area contributed by atoms with Crippen LogP contribution in [-0.4, -0.2) is 80.4 Å². The van der Waals surface area contributed by atoms with Gasteiger partial charge >= 0.3 is 6.09 Å². The zero-order valence-electron chi connectivity index (χ0n) is 18.0. The molecule has 16 heteroatoms. The maximum Gasteiger partial charge on any atom is 0.412 e. The van der Waals surface area contributed by atoms with E-state index < -0.39 is 23.8 Å². The highest BCUT2D eigenvalue weighted by atomic mass is 16.5. The quantitative estimate of drug-likeness (QED) is 0.329. The summed E-state index contributed by atoms with van der Waals surface area (Å²) >= 11 is 0. The van der Waals surface area contributed by atoms with Gasteiger partial charge in [-0.15, -0.1) is 10.2 Å². The Balaban J connectivity index is 2.05. The van der Waals surface area contributed by atoms with Crippen molar-refractivity contribution < 1.29 is 28.7 Å². The first-order valence-corrected chi connectivity index (χ1v) is 9.44. The molecule has 1 aromatic carbocycles. The molecule has 0 spiro atoms. The molecule has 0 unspecified atom stereocenters. The lowest BCUT2D eigenvalue weighted by Gasteiger charge is -2.23. The van der Waals surface area contributed by atoms with Crippen molar-refractivity contribution in [3.8, 4) is 17.1 Å². The van der Waals surface area contributed by atoms with E-state index in [0.717, 1.165) is 0 Å². The first-order valence-electron chi connectivity index (χ1n) is 9.44. The SMILES string of the molecule is [B]C([B])([B])NC(=O)c1nnc(NC(=O)OC)cc1Nc1cccc(-c2noc(CO)n2)c1OC. The number of nitrogens with zero attached hydrogens (tertiary/aromatic N) is 4. The molecule has 3 aromatic rings. The molecule has 168 valence electrons. The Bertz CT molecular complexity index is 1200. The number of carbonyl (C=O) groups is 2. The van der Waals surface area contributed by atoms with Gasteiger partial charge in [0.05, 0.1) is 54.7 Å². The van der Waals surface area contributed by atoms with Crippen molar-refractivity contribution in [3.63, 3.8) is 0 Å². The number of ether oxygens (including phenoxy) is 2. The zero-order valence-corrected chi connectivity index (χ0v) is 18.0. The third-order valence-corrected chi connectivity index (χ3v) is 4.09. The summed E-state index contributed by atoms with van der Waals surface area (Å²) in [6, 6.07) is 6.25. The lowest BCUT2D eigenvalue weighted by Crippen LogP contribution is -2.50. The van der Waals surface area contributed by atoms with Gasteiger partial charge < -0.3 is 29.7 Å². The van der Waals surface area contributed by atoms with Crippen LogP contribution in [0.25, 0.3) is 11.4 Å². The van der Waals surface area contributed by atoms with E-state index in [1.165, 1.54) is 20.3 Å². The van der Waals surface area contributed by atoms with E-state index in [4.69, 9.17) is 32.8 Å². The van der Waals surface area contributed by atoms with Crippen LogP contribution in [0, 0.1) is 0 Å². The number of methoxy groups -OCH3 is 2. The molecule has 2 amide bonds. The highest BCUT2D eigenvalue weighted by Crippen LogP contribution is 2.37. The summed E-state index contributed by atoms with van der Waals surface area (Å²) in [5.41, 5.74) is 0.584. The van der Waals surface area contributed by atoms with E-state index >= 15 is 0 Å². The molecular weight excluding hydrogens is 443 g/mol. The van der Waals surface area contributed by atoms with Crippen LogP contribution in [0.2, 0.25) is 0 Å². The third kappa shape index (κ3) is 5.83. The minimum absolute atomic E-state index is 0.0140. The van der Waals surface area contributed by atoms with Gasteiger partial charge in [0.15, 0.2) is 17.3 Å². The molecule has 3 rings (SSSR count). The molecule has 0 saturated heterocycles. The number of hydrogen-bond donors (Lipinski definition) is 4. The fourth-order valence-corrected chi connectivity index (χ4v) is 2.73. The Morgan fingerprint density at radius 2 is 1.94 bits per heavy atom. The van der Waals surface area contributed by atoms with Crippen LogP contribution in [0.3, 0.4) is 0 Å². The normalized spacial score (nSPS) is 10.9. The standard InChI is InChI=1S/C18H16B3N7O6/c1-32-14-8(15-24-12(7-29)34-28-15)4-3-5-9(14)22-10-6-11(23-17(31)33-2)26-27-13(10)16(30)25-18(19,20)21/h3-6,29H,7H2,1-2H3,(H,25,30)(H2,22,23,26,31). The molecular formula is C18H16B3N7O6. The molecule has 0 aliphatic heterocycles. The zero-order chi connectivity index (χ0) is 24.9. The number of nitrogens with one attached hydrogen (secondary N) is 3. The van der Waals surface area contributed by atoms with Gasteiger partial charge in [-0.1, -0.05) is 16.5 Å². The van der Waals surface area contributed by atoms with Crippen molar-refractivity contribution in [1.82, 2.24) is 25.7 Å². The van der Waals surface area contributed by atoms with E-state index in [-0.39, 0.29) is 34.7 Å². The minimum atomic E-state index is -2.03. The summed E-state index contributed by atoms with van der Waals surface area (Å²) in [5.74, 6) is -0.453. The molecule has 0 fully saturated rings. The van der Waals surface area contributed by atoms with Gasteiger partial charge in [0, 0.05) is 6.07 Å². The fourth-order valence-electron chi connectivity index (χ4n) is 2.73. The Labute approximate surface area is 197 Å². The Morgan fingerprint density at radius 1 is 1.18 bits per heavy atom. The van der Waals surface area contributed by atoms with Crippen LogP contribution >= 0.6 is 0 Å². The van der Waals surface area contributed by atoms with Crippen molar-refractivity contribution in [2.24, 2.45) is 0 Å². The Hall–Kier alpha value is -4.07. The summed E-state index contributed by atoms with van der Waals surface area (Å²) in [5, 5.41) is 26.0. The van der Waals surface area contributed by atoms with Gasteiger partial charge in [-0.05, 0) is 12.1 Å². The summed E-state index contributed by atoms with van der Waals surface area (Å²) in [6.07, 6.45) is -0.807. The van der Waals surface area contributed by atoms with E-state index in [0.29, 0.717) is 11.3 Å². The topological polar surface area (TPSA) is 174 Å². The number of amides is 2. The predicted octanol–water partition coefficient (Wildman–Crippen LogP) is -0.204. The summed E-state index contributed by atoms with van der Waals surface area (Å²) in [4.78, 5) is 28.3. The lowest BCUT2D eigenvalue weighted by molar-refractivity contribution is 0.0947. The average Bonchev–Trinajstić information content (AvgIpc) is 3.27. The summed E-state index contributed by atoms with van der Waals surface area (Å²) < 4.78 is 15.0. The first-order chi connectivity index (χ1) is 16.1. The maximum atomic E-state index is 12.6. The number of anilines is 3. The summed E-state index contributed by atoms with van der Waals surface area (Å²) in [6.45, 7) is -0.435. The highest BCUT2D eigenvalue weighted by Gasteiger charge is 2.23. The highest BCUT2D eigenvalue weighted by molar-refractivity contribution is 6.60. The molecule has 0 atom stereocenters. The number of hydrogen-bond acceptors (Lipinski definition) is 11. The van der Waals surface area contributed by atoms with Crippen LogP contribution < -0.4 is 20.7 Å². The molecule has 0 saturated carbocycles. The second-order valence-corrected chi connectivity index (χ2v) is 6.68. The molecule has 2 aromatic heterocycles. The van der Waals surface area contributed by atoms with Crippen LogP contribution in [0.15, 0.2) is 28.8 Å². The van der Waals surface area contributed by atoms with Crippen molar-refractivity contribution in [2.75, 3.05) is 24.9 Å². The molecule has 0 bridgehead atoms. The number of benzene rings is 1. The van der Waals surface area contributed by atoms with Gasteiger partial charge in [-0.2, -0.15) is 4.98 Å². The second kappa shape index (κ2) is 10.2. The number of aromatic nitrogens is 4. The van der Waals surface area contributed by atoms with Crippen LogP contribution in [0.4, 0.5) is 22.0 Å². The van der Waals surface area contributed by atoms with Crippen molar-refractivity contribution in [1.29, 1.82) is 0 Å². The summed E-state index contributed by atoms with van der Waals surface area (Å²) in [7, 11) is 18.9. The van der Waals surface area contributed by atoms with Crippen LogP contribution in [0.1, 0.15) is 16.4 Å². The molecule has 0 aliphatic carbocycles. The van der Waals surface area contributed by atoms with Crippen molar-refractivity contribution >= 4 is 52.7 Å². The van der Waals surface area contributed by atoms with Crippen molar-refractivity contribution in [3.05, 3.63) is 35.9 Å². The minimum Gasteiger partial charge on any atom is -0.494 e. The van der Waals surface area contributed by atoms with Gasteiger partial charge in [0.25, 0.3) is 11.8 Å². The van der Waals surface area contributed by atoms with E-state index in [2.05, 4.69) is 41.0 Å². The average molecular weight is 459 g/mol.